The van der Waals surface area contributed by atoms with Crippen LogP contribution in [0.25, 0.3) is 11.2 Å². The maximum Gasteiger partial charge on any atom is 0.306 e. The number of carbonyl (C=O) groups is 3. The summed E-state index contributed by atoms with van der Waals surface area (Å²) in [7, 11) is 0. The predicted octanol–water partition coefficient (Wildman–Crippen LogP) is 12.0. The number of H-pyrrole nitrogens is 1. The van der Waals surface area contributed by atoms with E-state index in [9.17, 15) is 24.3 Å². The largest absolute Gasteiger partial charge is 0.466 e. The van der Waals surface area contributed by atoms with Gasteiger partial charge in [-0.15, -0.1) is 0 Å². The average molecular weight is 972 g/mol. The second-order valence-electron chi connectivity index (χ2n) is 19.9. The molecule has 2 aromatic rings. The highest BCUT2D eigenvalue weighted by Crippen LogP contribution is 2.19. The van der Waals surface area contributed by atoms with Crippen molar-refractivity contribution in [2.24, 2.45) is 0 Å². The molecule has 2 aromatic heterocycles. The highest BCUT2D eigenvalue weighted by molar-refractivity contribution is 5.78. The summed E-state index contributed by atoms with van der Waals surface area (Å²) < 4.78 is 13.1. The molecule has 2 heterocycles. The van der Waals surface area contributed by atoms with Gasteiger partial charge in [0.15, 0.2) is 11.2 Å². The number of nitrogens with two attached hydrogens (primary N) is 1. The van der Waals surface area contributed by atoms with Crippen molar-refractivity contribution < 1.29 is 29.0 Å². The molecule has 14 heteroatoms. The molecule has 0 aliphatic heterocycles. The fraction of sp³-hybridized carbons (Fsp3) is 0.855. The Labute approximate surface area is 418 Å². The van der Waals surface area contributed by atoms with E-state index in [0.717, 1.165) is 116 Å². The molecule has 0 aliphatic carbocycles. The Morgan fingerprint density at radius 1 is 0.667 bits per heavy atom. The number of amides is 1. The molecule has 398 valence electrons. The van der Waals surface area contributed by atoms with Crippen molar-refractivity contribution in [3.63, 3.8) is 0 Å². The number of fused-ring (bicyclic) bond motifs is 1. The van der Waals surface area contributed by atoms with E-state index in [1.54, 1.807) is 0 Å². The fourth-order valence-electron chi connectivity index (χ4n) is 9.11. The SMILES string of the molecule is CCCCCCCCCCCOC(=O)CCCCCN(CCCCCCCC(=O)OC(CCCCCCCC)CCCCCCCC)CC(O)CCCCNC(=O)Cn1cnc2c(=O)[nH]c(N)nc21. The zero-order chi connectivity index (χ0) is 50.0. The second-order valence-corrected chi connectivity index (χ2v) is 19.9. The molecule has 0 saturated carbocycles. The Morgan fingerprint density at radius 2 is 1.16 bits per heavy atom. The topological polar surface area (TPSA) is 195 Å². The van der Waals surface area contributed by atoms with E-state index in [4.69, 9.17) is 15.2 Å². The monoisotopic (exact) mass is 972 g/mol. The first-order valence-corrected chi connectivity index (χ1v) is 28.4. The highest BCUT2D eigenvalue weighted by atomic mass is 16.5. The number of rotatable bonds is 48. The van der Waals surface area contributed by atoms with Gasteiger partial charge in [-0.3, -0.25) is 24.2 Å². The summed E-state index contributed by atoms with van der Waals surface area (Å²) in [4.78, 5) is 63.0. The van der Waals surface area contributed by atoms with Crippen molar-refractivity contribution in [1.29, 1.82) is 0 Å². The molecular formula is C55H101N7O7. The number of aliphatic hydroxyl groups is 1. The van der Waals surface area contributed by atoms with Gasteiger partial charge in [0.2, 0.25) is 11.9 Å². The van der Waals surface area contributed by atoms with Crippen LogP contribution in [0.3, 0.4) is 0 Å². The van der Waals surface area contributed by atoms with Crippen LogP contribution >= 0.6 is 0 Å². The lowest BCUT2D eigenvalue weighted by Crippen LogP contribution is -2.34. The Hall–Kier alpha value is -3.52. The molecule has 69 heavy (non-hydrogen) atoms. The van der Waals surface area contributed by atoms with Crippen LogP contribution in [-0.2, 0) is 30.4 Å². The van der Waals surface area contributed by atoms with Gasteiger partial charge in [-0.1, -0.05) is 162 Å². The normalized spacial score (nSPS) is 12.1. The number of aromatic amines is 1. The zero-order valence-electron chi connectivity index (χ0n) is 44.2. The van der Waals surface area contributed by atoms with Crippen LogP contribution in [0.4, 0.5) is 5.95 Å². The van der Waals surface area contributed by atoms with Crippen LogP contribution in [0, 0.1) is 0 Å². The van der Waals surface area contributed by atoms with Crippen LogP contribution in [0.1, 0.15) is 252 Å². The van der Waals surface area contributed by atoms with Crippen LogP contribution < -0.4 is 16.6 Å². The molecule has 1 atom stereocenters. The zero-order valence-corrected chi connectivity index (χ0v) is 44.2. The number of unbranched alkanes of at least 4 members (excludes halogenated alkanes) is 25. The molecule has 0 radical (unpaired) electrons. The first-order valence-electron chi connectivity index (χ1n) is 28.4. The van der Waals surface area contributed by atoms with E-state index in [1.807, 2.05) is 0 Å². The van der Waals surface area contributed by atoms with Crippen molar-refractivity contribution in [3.05, 3.63) is 16.7 Å². The molecule has 1 amide bonds. The van der Waals surface area contributed by atoms with Gasteiger partial charge in [0, 0.05) is 25.9 Å². The number of carbonyl (C=O) groups excluding carboxylic acids is 3. The van der Waals surface area contributed by atoms with Crippen molar-refractivity contribution in [2.75, 3.05) is 38.5 Å². The van der Waals surface area contributed by atoms with Gasteiger partial charge in [0.1, 0.15) is 12.6 Å². The first kappa shape index (κ1) is 61.6. The standard InChI is InChI=1S/C55H101N7O7/c1-4-7-10-13-16-17-18-24-34-43-68-50(65)38-29-25-33-42-61(44-47(63)35-30-31-40-57-49(64)45-62-46-58-52-53(62)59-55(56)60-54(52)67)41-32-23-19-22-28-39-51(66)69-48(36-26-20-14-11-8-5-2)37-27-21-15-12-9-6-3/h46-48,63H,4-45H2,1-3H3,(H,57,64)(H3,56,59,60,67). The number of hydrogen-bond acceptors (Lipinski definition) is 11. The van der Waals surface area contributed by atoms with E-state index < -0.39 is 11.7 Å². The minimum absolute atomic E-state index is 0.0304. The Balaban J connectivity index is 1.73. The van der Waals surface area contributed by atoms with Crippen molar-refractivity contribution in [1.82, 2.24) is 29.7 Å². The lowest BCUT2D eigenvalue weighted by atomic mass is 10.0. The summed E-state index contributed by atoms with van der Waals surface area (Å²) in [5.41, 5.74) is 5.63. The van der Waals surface area contributed by atoms with E-state index in [-0.39, 0.29) is 47.6 Å². The number of nitrogen functional groups attached to an aromatic ring is 1. The number of ether oxygens (including phenoxy) is 2. The van der Waals surface area contributed by atoms with Gasteiger partial charge in [-0.05, 0) is 90.1 Å². The quantitative estimate of drug-likeness (QED) is 0.0364. The van der Waals surface area contributed by atoms with Crippen LogP contribution in [-0.4, -0.2) is 92.4 Å². The number of nitrogens with one attached hydrogen (secondary N) is 2. The number of aliphatic hydroxyl groups excluding tert-OH is 1. The van der Waals surface area contributed by atoms with E-state index >= 15 is 0 Å². The molecule has 0 fully saturated rings. The minimum Gasteiger partial charge on any atom is -0.466 e. The van der Waals surface area contributed by atoms with Crippen molar-refractivity contribution in [3.8, 4) is 0 Å². The first-order chi connectivity index (χ1) is 33.7. The van der Waals surface area contributed by atoms with E-state index in [2.05, 4.69) is 45.9 Å². The third-order valence-electron chi connectivity index (χ3n) is 13.3. The van der Waals surface area contributed by atoms with Crippen molar-refractivity contribution >= 4 is 35.0 Å². The summed E-state index contributed by atoms with van der Waals surface area (Å²) in [5, 5.41) is 14.0. The summed E-state index contributed by atoms with van der Waals surface area (Å²) in [6.45, 7) is 10.0. The Kier molecular flexibility index (Phi) is 37.7. The van der Waals surface area contributed by atoms with Gasteiger partial charge in [-0.25, -0.2) is 4.98 Å². The van der Waals surface area contributed by atoms with Crippen LogP contribution in [0.2, 0.25) is 0 Å². The van der Waals surface area contributed by atoms with E-state index in [1.165, 1.54) is 120 Å². The molecule has 14 nitrogen and oxygen atoms in total. The summed E-state index contributed by atoms with van der Waals surface area (Å²) >= 11 is 0. The minimum atomic E-state index is -0.486. The average Bonchev–Trinajstić information content (AvgIpc) is 3.72. The number of anilines is 1. The van der Waals surface area contributed by atoms with Gasteiger partial charge in [0.25, 0.3) is 5.56 Å². The molecule has 0 spiro atoms. The maximum absolute atomic E-state index is 12.9. The van der Waals surface area contributed by atoms with E-state index in [0.29, 0.717) is 39.0 Å². The van der Waals surface area contributed by atoms with Crippen LogP contribution in [0.15, 0.2) is 11.1 Å². The van der Waals surface area contributed by atoms with Gasteiger partial charge in [0.05, 0.1) is 19.0 Å². The van der Waals surface area contributed by atoms with Crippen LogP contribution in [0.5, 0.6) is 0 Å². The number of aromatic nitrogens is 4. The highest BCUT2D eigenvalue weighted by Gasteiger charge is 2.16. The molecule has 5 N–H and O–H groups in total. The maximum atomic E-state index is 12.9. The third kappa shape index (κ3) is 32.9. The molecule has 0 bridgehead atoms. The van der Waals surface area contributed by atoms with Crippen molar-refractivity contribution in [2.45, 2.75) is 271 Å². The third-order valence-corrected chi connectivity index (χ3v) is 13.3. The molecular weight excluding hydrogens is 871 g/mol. The van der Waals surface area contributed by atoms with Gasteiger partial charge in [-0.2, -0.15) is 4.98 Å². The Bertz CT molecular complexity index is 1620. The van der Waals surface area contributed by atoms with Gasteiger partial charge < -0.3 is 35.1 Å². The summed E-state index contributed by atoms with van der Waals surface area (Å²) in [6, 6.07) is 0. The lowest BCUT2D eigenvalue weighted by molar-refractivity contribution is -0.150. The summed E-state index contributed by atoms with van der Waals surface area (Å²) in [5.74, 6) is -0.381. The summed E-state index contributed by atoms with van der Waals surface area (Å²) in [6.07, 6.45) is 39.9. The Morgan fingerprint density at radius 3 is 1.75 bits per heavy atom. The predicted molar refractivity (Wildman–Crippen MR) is 282 cm³/mol. The second kappa shape index (κ2) is 42.2. The molecule has 1 unspecified atom stereocenters. The number of hydrogen-bond donors (Lipinski definition) is 4. The molecule has 0 aromatic carbocycles. The smallest absolute Gasteiger partial charge is 0.306 e. The van der Waals surface area contributed by atoms with Gasteiger partial charge >= 0.3 is 11.9 Å². The molecule has 0 aliphatic rings. The molecule has 0 saturated heterocycles. The fourth-order valence-corrected chi connectivity index (χ4v) is 9.11. The number of nitrogens with zero attached hydrogens (tertiary/aromatic N) is 4. The number of imidazole rings is 1. The molecule has 2 rings (SSSR count). The lowest BCUT2D eigenvalue weighted by Gasteiger charge is -2.25. The number of esters is 2.